The molecule has 0 atom stereocenters. The van der Waals surface area contributed by atoms with E-state index in [0.717, 1.165) is 22.3 Å². The standard InChI is InChI=1S/C20H20O5/c1-23-11-12-24-13-20(22)25-19-8-3-2-5-17(19)14-6-4-7-16-15(14)9-10-18(16)21/h2-8H,9-13H2,1H3. The van der Waals surface area contributed by atoms with Crippen LogP contribution in [0.1, 0.15) is 22.3 Å². The Morgan fingerprint density at radius 2 is 1.72 bits per heavy atom. The summed E-state index contributed by atoms with van der Waals surface area (Å²) in [5.41, 5.74) is 3.53. The normalized spacial score (nSPS) is 12.9. The quantitative estimate of drug-likeness (QED) is 0.440. The van der Waals surface area contributed by atoms with Gasteiger partial charge in [-0.3, -0.25) is 4.79 Å². The van der Waals surface area contributed by atoms with E-state index in [1.165, 1.54) is 0 Å². The Bertz CT molecular complexity index is 781. The van der Waals surface area contributed by atoms with Crippen LogP contribution >= 0.6 is 0 Å². The van der Waals surface area contributed by atoms with E-state index >= 15 is 0 Å². The minimum Gasteiger partial charge on any atom is -0.424 e. The summed E-state index contributed by atoms with van der Waals surface area (Å²) in [4.78, 5) is 24.0. The van der Waals surface area contributed by atoms with Gasteiger partial charge in [0.2, 0.25) is 0 Å². The molecule has 0 aromatic heterocycles. The first-order valence-corrected chi connectivity index (χ1v) is 8.22. The van der Waals surface area contributed by atoms with Crippen molar-refractivity contribution >= 4 is 11.8 Å². The smallest absolute Gasteiger partial charge is 0.337 e. The van der Waals surface area contributed by atoms with Gasteiger partial charge in [0.25, 0.3) is 0 Å². The second-order valence-corrected chi connectivity index (χ2v) is 5.77. The molecule has 0 bridgehead atoms. The van der Waals surface area contributed by atoms with Crippen LogP contribution < -0.4 is 4.74 Å². The average Bonchev–Trinajstić information content (AvgIpc) is 3.01. The number of hydrogen-bond acceptors (Lipinski definition) is 5. The molecule has 0 unspecified atom stereocenters. The Labute approximate surface area is 146 Å². The van der Waals surface area contributed by atoms with E-state index in [2.05, 4.69) is 0 Å². The van der Waals surface area contributed by atoms with Gasteiger partial charge in [-0.1, -0.05) is 36.4 Å². The van der Waals surface area contributed by atoms with Crippen LogP contribution in [0.4, 0.5) is 0 Å². The Morgan fingerprint density at radius 1 is 0.960 bits per heavy atom. The van der Waals surface area contributed by atoms with Gasteiger partial charge in [0.15, 0.2) is 5.78 Å². The zero-order valence-corrected chi connectivity index (χ0v) is 14.1. The van der Waals surface area contributed by atoms with Crippen LogP contribution in [0.3, 0.4) is 0 Å². The number of rotatable bonds is 7. The van der Waals surface area contributed by atoms with Crippen LogP contribution in [-0.2, 0) is 20.7 Å². The van der Waals surface area contributed by atoms with Gasteiger partial charge in [0.05, 0.1) is 13.2 Å². The molecule has 0 saturated heterocycles. The van der Waals surface area contributed by atoms with E-state index in [-0.39, 0.29) is 12.4 Å². The van der Waals surface area contributed by atoms with E-state index in [9.17, 15) is 9.59 Å². The third kappa shape index (κ3) is 3.95. The highest BCUT2D eigenvalue weighted by atomic mass is 16.6. The van der Waals surface area contributed by atoms with Crippen molar-refractivity contribution in [1.82, 2.24) is 0 Å². The molecule has 1 aliphatic rings. The fraction of sp³-hybridized carbons (Fsp3) is 0.300. The lowest BCUT2D eigenvalue weighted by atomic mass is 9.96. The van der Waals surface area contributed by atoms with Crippen molar-refractivity contribution in [2.45, 2.75) is 12.8 Å². The molecule has 0 amide bonds. The van der Waals surface area contributed by atoms with Gasteiger partial charge >= 0.3 is 5.97 Å². The van der Waals surface area contributed by atoms with Crippen LogP contribution in [0, 0.1) is 0 Å². The van der Waals surface area contributed by atoms with Crippen molar-refractivity contribution in [2.75, 3.05) is 26.9 Å². The molecular formula is C20H20O5. The number of methoxy groups -OCH3 is 1. The van der Waals surface area contributed by atoms with Crippen LogP contribution in [0.25, 0.3) is 11.1 Å². The maximum absolute atomic E-state index is 12.0. The summed E-state index contributed by atoms with van der Waals surface area (Å²) in [5, 5.41) is 0. The number of Topliss-reactive ketones (excluding diaryl/α,β-unsaturated/α-hetero) is 1. The molecule has 0 heterocycles. The lowest BCUT2D eigenvalue weighted by molar-refractivity contribution is -0.139. The van der Waals surface area contributed by atoms with Crippen LogP contribution in [0.5, 0.6) is 5.75 Å². The summed E-state index contributed by atoms with van der Waals surface area (Å²) in [6.45, 7) is 0.624. The number of ketones is 1. The highest BCUT2D eigenvalue weighted by Crippen LogP contribution is 2.37. The Morgan fingerprint density at radius 3 is 2.56 bits per heavy atom. The highest BCUT2D eigenvalue weighted by molar-refractivity contribution is 6.02. The fourth-order valence-corrected chi connectivity index (χ4v) is 2.97. The number of para-hydroxylation sites is 1. The van der Waals surface area contributed by atoms with E-state index in [1.807, 2.05) is 36.4 Å². The molecule has 1 aliphatic carbocycles. The number of fused-ring (bicyclic) bond motifs is 1. The van der Waals surface area contributed by atoms with Gasteiger partial charge in [-0.25, -0.2) is 4.79 Å². The molecule has 130 valence electrons. The fourth-order valence-electron chi connectivity index (χ4n) is 2.97. The van der Waals surface area contributed by atoms with Gasteiger partial charge in [-0.2, -0.15) is 0 Å². The molecular weight excluding hydrogens is 320 g/mol. The summed E-state index contributed by atoms with van der Waals surface area (Å²) >= 11 is 0. The maximum atomic E-state index is 12.0. The number of esters is 1. The first kappa shape index (κ1) is 17.3. The van der Waals surface area contributed by atoms with Crippen LogP contribution in [0.2, 0.25) is 0 Å². The molecule has 2 aromatic rings. The third-order valence-corrected chi connectivity index (χ3v) is 4.13. The largest absolute Gasteiger partial charge is 0.424 e. The molecule has 2 aromatic carbocycles. The lowest BCUT2D eigenvalue weighted by Crippen LogP contribution is -2.17. The molecule has 0 fully saturated rings. The van der Waals surface area contributed by atoms with Crippen molar-refractivity contribution in [2.24, 2.45) is 0 Å². The number of hydrogen-bond donors (Lipinski definition) is 0. The lowest BCUT2D eigenvalue weighted by Gasteiger charge is -2.13. The average molecular weight is 340 g/mol. The van der Waals surface area contributed by atoms with Crippen molar-refractivity contribution in [3.63, 3.8) is 0 Å². The van der Waals surface area contributed by atoms with Gasteiger partial charge in [0.1, 0.15) is 12.4 Å². The number of carbonyl (C=O) groups excluding carboxylic acids is 2. The summed E-state index contributed by atoms with van der Waals surface area (Å²) in [5.74, 6) is 0.167. The summed E-state index contributed by atoms with van der Waals surface area (Å²) in [6, 6.07) is 13.0. The third-order valence-electron chi connectivity index (χ3n) is 4.13. The molecule has 3 rings (SSSR count). The van der Waals surface area contributed by atoms with Crippen LogP contribution in [0.15, 0.2) is 42.5 Å². The topological polar surface area (TPSA) is 61.8 Å². The van der Waals surface area contributed by atoms with E-state index < -0.39 is 5.97 Å². The second kappa shape index (κ2) is 8.05. The molecule has 0 radical (unpaired) electrons. The van der Waals surface area contributed by atoms with Gasteiger partial charge in [-0.15, -0.1) is 0 Å². The zero-order chi connectivity index (χ0) is 17.6. The van der Waals surface area contributed by atoms with E-state index in [4.69, 9.17) is 14.2 Å². The summed E-state index contributed by atoms with van der Waals surface area (Å²) in [6.07, 6.45) is 1.24. The molecule has 5 nitrogen and oxygen atoms in total. The molecule has 5 heteroatoms. The summed E-state index contributed by atoms with van der Waals surface area (Å²) < 4.78 is 15.5. The van der Waals surface area contributed by atoms with Crippen LogP contribution in [-0.4, -0.2) is 38.7 Å². The van der Waals surface area contributed by atoms with Crippen molar-refractivity contribution in [3.8, 4) is 16.9 Å². The van der Waals surface area contributed by atoms with Crippen molar-refractivity contribution in [3.05, 3.63) is 53.6 Å². The predicted octanol–water partition coefficient (Wildman–Crippen LogP) is 3.05. The molecule has 0 saturated carbocycles. The van der Waals surface area contributed by atoms with Crippen molar-refractivity contribution in [1.29, 1.82) is 0 Å². The van der Waals surface area contributed by atoms with Gasteiger partial charge < -0.3 is 14.2 Å². The first-order valence-electron chi connectivity index (χ1n) is 8.22. The Hall–Kier alpha value is -2.50. The van der Waals surface area contributed by atoms with Gasteiger partial charge in [0, 0.05) is 24.7 Å². The molecule has 25 heavy (non-hydrogen) atoms. The SMILES string of the molecule is COCCOCC(=O)Oc1ccccc1-c1cccc2c1CCC2=O. The predicted molar refractivity (Wildman–Crippen MR) is 92.9 cm³/mol. The minimum absolute atomic E-state index is 0.136. The van der Waals surface area contributed by atoms with E-state index in [1.54, 1.807) is 13.2 Å². The Kier molecular flexibility index (Phi) is 5.58. The monoisotopic (exact) mass is 340 g/mol. The highest BCUT2D eigenvalue weighted by Gasteiger charge is 2.23. The molecule has 0 spiro atoms. The summed E-state index contributed by atoms with van der Waals surface area (Å²) in [7, 11) is 1.57. The number of carbonyl (C=O) groups is 2. The zero-order valence-electron chi connectivity index (χ0n) is 14.1. The first-order chi connectivity index (χ1) is 12.2. The Balaban J connectivity index is 1.81. The van der Waals surface area contributed by atoms with Crippen molar-refractivity contribution < 1.29 is 23.8 Å². The minimum atomic E-state index is -0.466. The molecule has 0 aliphatic heterocycles. The second-order valence-electron chi connectivity index (χ2n) is 5.77. The van der Waals surface area contributed by atoms with E-state index in [0.29, 0.717) is 31.8 Å². The van der Waals surface area contributed by atoms with Gasteiger partial charge in [-0.05, 0) is 23.6 Å². The number of benzene rings is 2. The number of ether oxygens (including phenoxy) is 3. The maximum Gasteiger partial charge on any atom is 0.337 e. The molecule has 0 N–H and O–H groups in total.